The van der Waals surface area contributed by atoms with Gasteiger partial charge in [0.2, 0.25) is 10.0 Å². The summed E-state index contributed by atoms with van der Waals surface area (Å²) in [6.07, 6.45) is 3.12. The highest BCUT2D eigenvalue weighted by molar-refractivity contribution is 7.92. The van der Waals surface area contributed by atoms with Crippen LogP contribution in [0.25, 0.3) is 6.08 Å². The maximum atomic E-state index is 11.8. The van der Waals surface area contributed by atoms with Crippen LogP contribution in [0.2, 0.25) is 5.02 Å². The molecule has 0 fully saturated rings. The van der Waals surface area contributed by atoms with Gasteiger partial charge in [0, 0.05) is 16.5 Å². The van der Waals surface area contributed by atoms with E-state index in [1.54, 1.807) is 30.3 Å². The smallest absolute Gasteiger partial charge is 0.209 e. The topological polar surface area (TPSA) is 46.2 Å². The van der Waals surface area contributed by atoms with Gasteiger partial charge in [0.1, 0.15) is 0 Å². The Labute approximate surface area is 114 Å². The van der Waals surface area contributed by atoms with E-state index in [0.717, 1.165) is 18.4 Å². The van der Waals surface area contributed by atoms with Crippen molar-refractivity contribution in [2.45, 2.75) is 32.7 Å². The summed E-state index contributed by atoms with van der Waals surface area (Å²) in [5.41, 5.74) is 0.800. The van der Waals surface area contributed by atoms with E-state index in [1.807, 2.05) is 13.8 Å². The Balaban J connectivity index is 2.73. The summed E-state index contributed by atoms with van der Waals surface area (Å²) < 4.78 is 26.2. The number of hydrogen-bond acceptors (Lipinski definition) is 2. The van der Waals surface area contributed by atoms with E-state index in [-0.39, 0.29) is 6.04 Å². The van der Waals surface area contributed by atoms with Crippen molar-refractivity contribution in [1.29, 1.82) is 0 Å². The van der Waals surface area contributed by atoms with Gasteiger partial charge in [-0.05, 0) is 36.6 Å². The van der Waals surface area contributed by atoms with Crippen molar-refractivity contribution in [1.82, 2.24) is 4.72 Å². The van der Waals surface area contributed by atoms with E-state index in [4.69, 9.17) is 11.6 Å². The predicted octanol–water partition coefficient (Wildman–Crippen LogP) is 3.42. The quantitative estimate of drug-likeness (QED) is 0.871. The fraction of sp³-hybridized carbons (Fsp3) is 0.385. The minimum absolute atomic E-state index is 0.00938. The second kappa shape index (κ2) is 6.92. The third kappa shape index (κ3) is 5.21. The molecule has 100 valence electrons. The second-order valence-corrected chi connectivity index (χ2v) is 6.06. The minimum atomic E-state index is -3.38. The molecule has 1 N–H and O–H groups in total. The molecule has 1 rings (SSSR count). The molecule has 0 spiro atoms. The van der Waals surface area contributed by atoms with E-state index in [9.17, 15) is 8.42 Å². The summed E-state index contributed by atoms with van der Waals surface area (Å²) in [5.74, 6) is 0. The summed E-state index contributed by atoms with van der Waals surface area (Å²) >= 11 is 5.75. The van der Waals surface area contributed by atoms with E-state index >= 15 is 0 Å². The van der Waals surface area contributed by atoms with Crippen LogP contribution in [0.3, 0.4) is 0 Å². The van der Waals surface area contributed by atoms with Gasteiger partial charge < -0.3 is 0 Å². The van der Waals surface area contributed by atoms with Crippen LogP contribution in [0.5, 0.6) is 0 Å². The summed E-state index contributed by atoms with van der Waals surface area (Å²) in [4.78, 5) is 0. The van der Waals surface area contributed by atoms with Gasteiger partial charge in [0.05, 0.1) is 0 Å². The lowest BCUT2D eigenvalue weighted by atomic mass is 10.2. The van der Waals surface area contributed by atoms with Gasteiger partial charge in [-0.1, -0.05) is 37.6 Å². The predicted molar refractivity (Wildman–Crippen MR) is 76.9 cm³/mol. The summed E-state index contributed by atoms with van der Waals surface area (Å²) in [7, 11) is -3.38. The molecule has 5 heteroatoms. The van der Waals surface area contributed by atoms with E-state index in [2.05, 4.69) is 4.72 Å². The zero-order chi connectivity index (χ0) is 13.6. The number of hydrogen-bond donors (Lipinski definition) is 1. The lowest BCUT2D eigenvalue weighted by Gasteiger charge is -2.12. The van der Waals surface area contributed by atoms with Crippen LogP contribution >= 0.6 is 11.6 Å². The molecule has 0 amide bonds. The Morgan fingerprint density at radius 3 is 2.28 bits per heavy atom. The van der Waals surface area contributed by atoms with E-state index < -0.39 is 10.0 Å². The van der Waals surface area contributed by atoms with Gasteiger partial charge in [-0.3, -0.25) is 0 Å². The second-order valence-electron chi connectivity index (χ2n) is 4.03. The van der Waals surface area contributed by atoms with Crippen LogP contribution in [0.15, 0.2) is 29.7 Å². The molecule has 0 aliphatic carbocycles. The molecule has 1 aromatic rings. The molecule has 0 aliphatic heterocycles. The third-order valence-corrected chi connectivity index (χ3v) is 4.03. The van der Waals surface area contributed by atoms with Gasteiger partial charge in [-0.2, -0.15) is 0 Å². The lowest BCUT2D eigenvalue weighted by molar-refractivity contribution is 0.537. The Bertz CT molecular complexity index is 490. The molecule has 0 aliphatic rings. The van der Waals surface area contributed by atoms with Crippen molar-refractivity contribution < 1.29 is 8.42 Å². The molecule has 3 nitrogen and oxygen atoms in total. The molecule has 18 heavy (non-hydrogen) atoms. The summed E-state index contributed by atoms with van der Waals surface area (Å²) in [6.45, 7) is 3.92. The van der Waals surface area contributed by atoms with Crippen molar-refractivity contribution in [2.24, 2.45) is 0 Å². The van der Waals surface area contributed by atoms with Gasteiger partial charge in [0.25, 0.3) is 0 Å². The van der Waals surface area contributed by atoms with Crippen molar-refractivity contribution in [3.05, 3.63) is 40.3 Å². The Hall–Kier alpha value is -0.840. The average molecular weight is 288 g/mol. The molecule has 1 aromatic carbocycles. The number of benzene rings is 1. The molecule has 0 atom stereocenters. The van der Waals surface area contributed by atoms with Crippen LogP contribution in [-0.2, 0) is 10.0 Å². The molecule has 0 radical (unpaired) electrons. The van der Waals surface area contributed by atoms with Gasteiger partial charge in [-0.25, -0.2) is 13.1 Å². The molecule has 0 unspecified atom stereocenters. The van der Waals surface area contributed by atoms with E-state index in [1.165, 1.54) is 5.41 Å². The Kier molecular flexibility index (Phi) is 5.85. The number of halogens is 1. The molecular weight excluding hydrogens is 270 g/mol. The van der Waals surface area contributed by atoms with Crippen LogP contribution in [-0.4, -0.2) is 14.5 Å². The average Bonchev–Trinajstić information content (AvgIpc) is 2.35. The maximum Gasteiger partial charge on any atom is 0.233 e. The van der Waals surface area contributed by atoms with Crippen LogP contribution in [0.4, 0.5) is 0 Å². The monoisotopic (exact) mass is 287 g/mol. The zero-order valence-electron chi connectivity index (χ0n) is 10.6. The first-order chi connectivity index (χ1) is 8.46. The Morgan fingerprint density at radius 1 is 1.22 bits per heavy atom. The van der Waals surface area contributed by atoms with E-state index in [0.29, 0.717) is 5.02 Å². The molecule has 0 bridgehead atoms. The van der Waals surface area contributed by atoms with Crippen LogP contribution in [0.1, 0.15) is 32.3 Å². The van der Waals surface area contributed by atoms with Crippen molar-refractivity contribution in [3.8, 4) is 0 Å². The Morgan fingerprint density at radius 2 is 1.78 bits per heavy atom. The summed E-state index contributed by atoms with van der Waals surface area (Å²) in [5, 5.41) is 1.82. The maximum absolute atomic E-state index is 11.8. The first-order valence-corrected chi connectivity index (χ1v) is 7.85. The van der Waals surface area contributed by atoms with Gasteiger partial charge >= 0.3 is 0 Å². The van der Waals surface area contributed by atoms with Gasteiger partial charge in [0.15, 0.2) is 0 Å². The molecule has 0 heterocycles. The number of rotatable bonds is 6. The third-order valence-electron chi connectivity index (χ3n) is 2.63. The molecule has 0 saturated heterocycles. The highest BCUT2D eigenvalue weighted by atomic mass is 35.5. The van der Waals surface area contributed by atoms with Crippen LogP contribution < -0.4 is 4.72 Å². The first kappa shape index (κ1) is 15.2. The molecular formula is C13H18ClNO2S. The highest BCUT2D eigenvalue weighted by Crippen LogP contribution is 2.11. The molecule has 0 saturated carbocycles. The fourth-order valence-electron chi connectivity index (χ4n) is 1.47. The normalized spacial score (nSPS) is 12.4. The number of sulfonamides is 1. The standard InChI is InChI=1S/C13H18ClNO2S/c1-3-13(4-2)15-18(16,17)10-9-11-5-7-12(14)8-6-11/h5-10,13,15H,3-4H2,1-2H3. The highest BCUT2D eigenvalue weighted by Gasteiger charge is 2.11. The zero-order valence-corrected chi connectivity index (χ0v) is 12.1. The van der Waals surface area contributed by atoms with Crippen molar-refractivity contribution in [2.75, 3.05) is 0 Å². The largest absolute Gasteiger partial charge is 0.233 e. The van der Waals surface area contributed by atoms with Crippen LogP contribution in [0, 0.1) is 0 Å². The number of nitrogens with one attached hydrogen (secondary N) is 1. The molecule has 0 aromatic heterocycles. The SMILES string of the molecule is CCC(CC)NS(=O)(=O)C=Cc1ccc(Cl)cc1. The fourth-order valence-corrected chi connectivity index (χ4v) is 2.81. The lowest BCUT2D eigenvalue weighted by Crippen LogP contribution is -2.32. The van der Waals surface area contributed by atoms with Crippen molar-refractivity contribution in [3.63, 3.8) is 0 Å². The first-order valence-electron chi connectivity index (χ1n) is 5.92. The summed E-state index contributed by atoms with van der Waals surface area (Å²) in [6, 6.07) is 6.98. The minimum Gasteiger partial charge on any atom is -0.209 e. The van der Waals surface area contributed by atoms with Gasteiger partial charge in [-0.15, -0.1) is 0 Å². The van der Waals surface area contributed by atoms with Crippen molar-refractivity contribution >= 4 is 27.7 Å².